The highest BCUT2D eigenvalue weighted by Crippen LogP contribution is 2.23. The van der Waals surface area contributed by atoms with Gasteiger partial charge in [0, 0.05) is 24.3 Å². The van der Waals surface area contributed by atoms with Gasteiger partial charge in [0.15, 0.2) is 0 Å². The van der Waals surface area contributed by atoms with E-state index in [2.05, 4.69) is 20.9 Å². The molecule has 2 rings (SSSR count). The van der Waals surface area contributed by atoms with Gasteiger partial charge >= 0.3 is 0 Å². The number of halogens is 3. The average molecular weight is 374 g/mol. The van der Waals surface area contributed by atoms with Gasteiger partial charge in [-0.1, -0.05) is 29.3 Å². The van der Waals surface area contributed by atoms with Gasteiger partial charge in [-0.3, -0.25) is 4.79 Å². The van der Waals surface area contributed by atoms with Crippen molar-refractivity contribution in [3.8, 4) is 0 Å². The molecule has 0 atom stereocenters. The molecule has 0 saturated heterocycles. The lowest BCUT2D eigenvalue weighted by Crippen LogP contribution is -2.26. The van der Waals surface area contributed by atoms with Crippen LogP contribution in [0.4, 0.5) is 0 Å². The molecular formula is C14H11BrCl2N2O. The lowest BCUT2D eigenvalue weighted by atomic mass is 10.2. The number of amides is 1. The van der Waals surface area contributed by atoms with E-state index in [1.54, 1.807) is 42.4 Å². The molecule has 0 saturated carbocycles. The highest BCUT2D eigenvalue weighted by molar-refractivity contribution is 9.10. The summed E-state index contributed by atoms with van der Waals surface area (Å²) in [6.07, 6.45) is 1.60. The Morgan fingerprint density at radius 3 is 2.60 bits per heavy atom. The summed E-state index contributed by atoms with van der Waals surface area (Å²) in [6.45, 7) is 0.438. The van der Waals surface area contributed by atoms with Crippen LogP contribution < -0.4 is 0 Å². The van der Waals surface area contributed by atoms with Crippen molar-refractivity contribution in [3.63, 3.8) is 0 Å². The van der Waals surface area contributed by atoms with Gasteiger partial charge in [0.25, 0.3) is 5.91 Å². The summed E-state index contributed by atoms with van der Waals surface area (Å²) in [6, 6.07) is 8.77. The standard InChI is InChI=1S/C14H11BrCl2N2O/c1-19(8-9-2-4-11(16)12(17)6-9)14(20)13-5-3-10(15)7-18-13/h2-7H,8H2,1H3. The minimum Gasteiger partial charge on any atom is -0.336 e. The molecule has 0 spiro atoms. The summed E-state index contributed by atoms with van der Waals surface area (Å²) >= 11 is 15.1. The zero-order chi connectivity index (χ0) is 14.7. The van der Waals surface area contributed by atoms with Crippen LogP contribution in [0.5, 0.6) is 0 Å². The topological polar surface area (TPSA) is 33.2 Å². The van der Waals surface area contributed by atoms with Crippen LogP contribution >= 0.6 is 39.1 Å². The number of pyridine rings is 1. The van der Waals surface area contributed by atoms with E-state index >= 15 is 0 Å². The summed E-state index contributed by atoms with van der Waals surface area (Å²) in [5.41, 5.74) is 1.31. The number of benzene rings is 1. The molecule has 0 aliphatic carbocycles. The van der Waals surface area contributed by atoms with Crippen molar-refractivity contribution in [1.29, 1.82) is 0 Å². The van der Waals surface area contributed by atoms with Crippen LogP contribution in [-0.4, -0.2) is 22.8 Å². The van der Waals surface area contributed by atoms with Crippen LogP contribution in [0.2, 0.25) is 10.0 Å². The lowest BCUT2D eigenvalue weighted by Gasteiger charge is -2.17. The van der Waals surface area contributed by atoms with E-state index in [4.69, 9.17) is 23.2 Å². The summed E-state index contributed by atoms with van der Waals surface area (Å²) in [5, 5.41) is 0.978. The molecule has 1 aromatic carbocycles. The van der Waals surface area contributed by atoms with Crippen molar-refractivity contribution >= 4 is 45.0 Å². The molecule has 0 aliphatic rings. The first-order valence-electron chi connectivity index (χ1n) is 5.78. The number of aromatic nitrogens is 1. The summed E-state index contributed by atoms with van der Waals surface area (Å²) < 4.78 is 0.834. The zero-order valence-electron chi connectivity index (χ0n) is 10.6. The molecule has 0 bridgehead atoms. The number of carbonyl (C=O) groups is 1. The van der Waals surface area contributed by atoms with Crippen molar-refractivity contribution in [2.45, 2.75) is 6.54 Å². The highest BCUT2D eigenvalue weighted by atomic mass is 79.9. The second kappa shape index (κ2) is 6.57. The van der Waals surface area contributed by atoms with Gasteiger partial charge in [-0.25, -0.2) is 4.98 Å². The second-order valence-electron chi connectivity index (χ2n) is 4.27. The number of rotatable bonds is 3. The predicted molar refractivity (Wildman–Crippen MR) is 84.2 cm³/mol. The van der Waals surface area contributed by atoms with Gasteiger partial charge in [-0.2, -0.15) is 0 Å². The molecule has 2 aromatic rings. The molecule has 3 nitrogen and oxygen atoms in total. The molecule has 20 heavy (non-hydrogen) atoms. The number of hydrogen-bond acceptors (Lipinski definition) is 2. The van der Waals surface area contributed by atoms with Crippen LogP contribution in [0.1, 0.15) is 16.1 Å². The average Bonchev–Trinajstić information content (AvgIpc) is 2.43. The Kier molecular flexibility index (Phi) is 5.02. The Morgan fingerprint density at radius 1 is 1.25 bits per heavy atom. The fourth-order valence-electron chi connectivity index (χ4n) is 1.68. The molecule has 0 aliphatic heterocycles. The summed E-state index contributed by atoms with van der Waals surface area (Å²) in [5.74, 6) is -0.149. The van der Waals surface area contributed by atoms with Gasteiger partial charge in [-0.05, 0) is 45.8 Å². The van der Waals surface area contributed by atoms with Crippen LogP contribution in [0, 0.1) is 0 Å². The van der Waals surface area contributed by atoms with Crippen LogP contribution in [0.25, 0.3) is 0 Å². The van der Waals surface area contributed by atoms with Crippen molar-refractivity contribution < 1.29 is 4.79 Å². The minimum absolute atomic E-state index is 0.149. The van der Waals surface area contributed by atoms with E-state index in [-0.39, 0.29) is 5.91 Å². The maximum atomic E-state index is 12.2. The molecule has 0 radical (unpaired) electrons. The third-order valence-corrected chi connectivity index (χ3v) is 3.91. The first-order valence-corrected chi connectivity index (χ1v) is 7.33. The van der Waals surface area contributed by atoms with Gasteiger partial charge in [0.2, 0.25) is 0 Å². The Morgan fingerprint density at radius 2 is 2.00 bits per heavy atom. The second-order valence-corrected chi connectivity index (χ2v) is 6.00. The maximum absolute atomic E-state index is 12.2. The van der Waals surface area contributed by atoms with Crippen molar-refractivity contribution in [2.24, 2.45) is 0 Å². The quantitative estimate of drug-likeness (QED) is 0.797. The molecule has 0 fully saturated rings. The summed E-state index contributed by atoms with van der Waals surface area (Å²) in [4.78, 5) is 17.9. The minimum atomic E-state index is -0.149. The largest absolute Gasteiger partial charge is 0.336 e. The van der Waals surface area contributed by atoms with Gasteiger partial charge in [0.1, 0.15) is 5.69 Å². The van der Waals surface area contributed by atoms with E-state index in [1.165, 1.54) is 0 Å². The molecule has 1 aromatic heterocycles. The Hall–Kier alpha value is -1.10. The zero-order valence-corrected chi connectivity index (χ0v) is 13.7. The number of nitrogens with zero attached hydrogens (tertiary/aromatic N) is 2. The van der Waals surface area contributed by atoms with Crippen LogP contribution in [-0.2, 0) is 6.54 Å². The van der Waals surface area contributed by atoms with Crippen LogP contribution in [0.15, 0.2) is 41.0 Å². The lowest BCUT2D eigenvalue weighted by molar-refractivity contribution is 0.0779. The van der Waals surface area contributed by atoms with Crippen molar-refractivity contribution in [1.82, 2.24) is 9.88 Å². The monoisotopic (exact) mass is 372 g/mol. The third-order valence-electron chi connectivity index (χ3n) is 2.70. The molecule has 1 heterocycles. The maximum Gasteiger partial charge on any atom is 0.272 e. The van der Waals surface area contributed by atoms with Crippen LogP contribution in [0.3, 0.4) is 0 Å². The van der Waals surface area contributed by atoms with E-state index in [0.29, 0.717) is 22.3 Å². The fraction of sp³-hybridized carbons (Fsp3) is 0.143. The first kappa shape index (κ1) is 15.3. The first-order chi connectivity index (χ1) is 9.47. The summed E-state index contributed by atoms with van der Waals surface area (Å²) in [7, 11) is 1.72. The van der Waals surface area contributed by atoms with E-state index < -0.39 is 0 Å². The highest BCUT2D eigenvalue weighted by Gasteiger charge is 2.13. The molecule has 0 unspecified atom stereocenters. The fourth-order valence-corrected chi connectivity index (χ4v) is 2.24. The Labute approximate surface area is 135 Å². The molecular weight excluding hydrogens is 363 g/mol. The van der Waals surface area contributed by atoms with Crippen molar-refractivity contribution in [3.05, 3.63) is 62.3 Å². The smallest absolute Gasteiger partial charge is 0.272 e. The number of hydrogen-bond donors (Lipinski definition) is 0. The number of carbonyl (C=O) groups excluding carboxylic acids is 1. The van der Waals surface area contributed by atoms with E-state index in [1.807, 2.05) is 6.07 Å². The Balaban J connectivity index is 2.11. The SMILES string of the molecule is CN(Cc1ccc(Cl)c(Cl)c1)C(=O)c1ccc(Br)cn1. The molecule has 104 valence electrons. The third kappa shape index (κ3) is 3.72. The van der Waals surface area contributed by atoms with Gasteiger partial charge in [0.05, 0.1) is 10.0 Å². The Bertz CT molecular complexity index is 632. The van der Waals surface area contributed by atoms with Gasteiger partial charge in [-0.15, -0.1) is 0 Å². The predicted octanol–water partition coefficient (Wildman–Crippen LogP) is 4.42. The molecule has 6 heteroatoms. The molecule has 0 N–H and O–H groups in total. The van der Waals surface area contributed by atoms with Gasteiger partial charge < -0.3 is 4.90 Å². The molecule has 1 amide bonds. The van der Waals surface area contributed by atoms with E-state index in [0.717, 1.165) is 10.0 Å². The normalized spacial score (nSPS) is 10.4. The van der Waals surface area contributed by atoms with E-state index in [9.17, 15) is 4.79 Å². The van der Waals surface area contributed by atoms with Crippen molar-refractivity contribution in [2.75, 3.05) is 7.05 Å².